The van der Waals surface area contributed by atoms with Crippen LogP contribution in [-0.4, -0.2) is 43.1 Å². The molecule has 2 aliphatic rings. The van der Waals surface area contributed by atoms with E-state index in [1.54, 1.807) is 0 Å². The van der Waals surface area contributed by atoms with E-state index >= 15 is 0 Å². The minimum atomic E-state index is 0.680. The van der Waals surface area contributed by atoms with Gasteiger partial charge in [-0.2, -0.15) is 0 Å². The number of hydrogen-bond donors (Lipinski definition) is 1. The van der Waals surface area contributed by atoms with Crippen LogP contribution in [0.2, 0.25) is 0 Å². The van der Waals surface area contributed by atoms with Crippen molar-refractivity contribution < 1.29 is 0 Å². The molecule has 1 N–H and O–H groups in total. The number of likely N-dealkylation sites (tertiary alicyclic amines) is 1. The summed E-state index contributed by atoms with van der Waals surface area (Å²) in [5, 5.41) is 4.74. The monoisotopic (exact) mass is 251 g/mol. The number of nitrogens with zero attached hydrogens (tertiary/aromatic N) is 2. The van der Waals surface area contributed by atoms with Crippen molar-refractivity contribution in [2.75, 3.05) is 33.2 Å². The Kier molecular flexibility index (Phi) is 3.19. The lowest BCUT2D eigenvalue weighted by molar-refractivity contribution is 0.250. The van der Waals surface area contributed by atoms with Crippen LogP contribution in [0.1, 0.15) is 40.3 Å². The van der Waals surface area contributed by atoms with E-state index < -0.39 is 0 Å². The van der Waals surface area contributed by atoms with Gasteiger partial charge in [-0.15, -0.1) is 11.3 Å². The molecule has 1 aromatic rings. The molecule has 1 aromatic heterocycles. The van der Waals surface area contributed by atoms with Gasteiger partial charge >= 0.3 is 0 Å². The summed E-state index contributed by atoms with van der Waals surface area (Å²) in [7, 11) is 2.23. The van der Waals surface area contributed by atoms with Gasteiger partial charge in [0, 0.05) is 36.3 Å². The molecule has 0 aliphatic carbocycles. The molecule has 0 aromatic carbocycles. The van der Waals surface area contributed by atoms with Crippen molar-refractivity contribution >= 4 is 11.3 Å². The van der Waals surface area contributed by atoms with Crippen LogP contribution in [0.25, 0.3) is 0 Å². The molecule has 4 heteroatoms. The summed E-state index contributed by atoms with van der Waals surface area (Å²) < 4.78 is 0. The van der Waals surface area contributed by atoms with E-state index in [2.05, 4.69) is 24.2 Å². The third-order valence-corrected chi connectivity index (χ3v) is 5.46. The SMILES string of the molecule is Cc1nc(C2CCCN(C)C2)sc1C1CNC1. The van der Waals surface area contributed by atoms with Crippen LogP contribution in [0.5, 0.6) is 0 Å². The van der Waals surface area contributed by atoms with Crippen molar-refractivity contribution in [1.29, 1.82) is 0 Å². The number of hydrogen-bond acceptors (Lipinski definition) is 4. The average molecular weight is 251 g/mol. The fourth-order valence-electron chi connectivity index (χ4n) is 2.83. The molecule has 0 radical (unpaired) electrons. The van der Waals surface area contributed by atoms with Crippen LogP contribution in [0.3, 0.4) is 0 Å². The fraction of sp³-hybridized carbons (Fsp3) is 0.769. The van der Waals surface area contributed by atoms with E-state index in [0.29, 0.717) is 5.92 Å². The maximum atomic E-state index is 4.84. The number of aryl methyl sites for hydroxylation is 1. The molecule has 1 atom stereocenters. The molecule has 17 heavy (non-hydrogen) atoms. The molecule has 3 heterocycles. The largest absolute Gasteiger partial charge is 0.315 e. The van der Waals surface area contributed by atoms with E-state index in [-0.39, 0.29) is 0 Å². The highest BCUT2D eigenvalue weighted by Crippen LogP contribution is 2.35. The Morgan fingerprint density at radius 2 is 2.18 bits per heavy atom. The second-order valence-electron chi connectivity index (χ2n) is 5.46. The zero-order chi connectivity index (χ0) is 11.8. The van der Waals surface area contributed by atoms with E-state index in [9.17, 15) is 0 Å². The number of aromatic nitrogens is 1. The van der Waals surface area contributed by atoms with Gasteiger partial charge in [-0.25, -0.2) is 4.98 Å². The third-order valence-electron chi connectivity index (χ3n) is 3.98. The van der Waals surface area contributed by atoms with Crippen molar-refractivity contribution in [3.63, 3.8) is 0 Å². The van der Waals surface area contributed by atoms with Gasteiger partial charge in [0.25, 0.3) is 0 Å². The maximum absolute atomic E-state index is 4.84. The highest BCUT2D eigenvalue weighted by molar-refractivity contribution is 7.12. The lowest BCUT2D eigenvalue weighted by atomic mass is 9.99. The van der Waals surface area contributed by atoms with Crippen LogP contribution in [-0.2, 0) is 0 Å². The quantitative estimate of drug-likeness (QED) is 0.871. The molecular weight excluding hydrogens is 230 g/mol. The molecule has 1 unspecified atom stereocenters. The Balaban J connectivity index is 1.78. The summed E-state index contributed by atoms with van der Waals surface area (Å²) in [6.45, 7) is 6.91. The number of likely N-dealkylation sites (N-methyl/N-ethyl adjacent to an activating group) is 1. The Hall–Kier alpha value is -0.450. The molecule has 0 amide bonds. The van der Waals surface area contributed by atoms with Crippen molar-refractivity contribution in [3.8, 4) is 0 Å². The zero-order valence-corrected chi connectivity index (χ0v) is 11.5. The summed E-state index contributed by atoms with van der Waals surface area (Å²) in [5.74, 6) is 1.42. The molecule has 2 fully saturated rings. The summed E-state index contributed by atoms with van der Waals surface area (Å²) in [6, 6.07) is 0. The summed E-state index contributed by atoms with van der Waals surface area (Å²) >= 11 is 1.97. The molecular formula is C13H21N3S. The van der Waals surface area contributed by atoms with Gasteiger partial charge in [0.1, 0.15) is 0 Å². The number of piperidine rings is 1. The summed E-state index contributed by atoms with van der Waals surface area (Å²) in [6.07, 6.45) is 2.64. The molecule has 3 nitrogen and oxygen atoms in total. The highest BCUT2D eigenvalue weighted by Gasteiger charge is 2.27. The first-order valence-electron chi connectivity index (χ1n) is 6.60. The molecule has 0 spiro atoms. The molecule has 94 valence electrons. The van der Waals surface area contributed by atoms with Gasteiger partial charge in [-0.1, -0.05) is 0 Å². The van der Waals surface area contributed by atoms with Gasteiger partial charge in [-0.3, -0.25) is 0 Å². The van der Waals surface area contributed by atoms with Gasteiger partial charge in [0.05, 0.1) is 10.7 Å². The zero-order valence-electron chi connectivity index (χ0n) is 10.7. The lowest BCUT2D eigenvalue weighted by Gasteiger charge is -2.28. The van der Waals surface area contributed by atoms with E-state index in [1.165, 1.54) is 41.5 Å². The van der Waals surface area contributed by atoms with Crippen molar-refractivity contribution in [2.45, 2.75) is 31.6 Å². The Bertz CT molecular complexity index is 397. The number of thiazole rings is 1. The fourth-order valence-corrected chi connectivity index (χ4v) is 4.12. The minimum absolute atomic E-state index is 0.680. The molecule has 0 bridgehead atoms. The smallest absolute Gasteiger partial charge is 0.0974 e. The Morgan fingerprint density at radius 3 is 2.82 bits per heavy atom. The van der Waals surface area contributed by atoms with Crippen LogP contribution >= 0.6 is 11.3 Å². The van der Waals surface area contributed by atoms with Crippen LogP contribution in [0, 0.1) is 6.92 Å². The van der Waals surface area contributed by atoms with E-state index in [4.69, 9.17) is 4.98 Å². The lowest BCUT2D eigenvalue weighted by Crippen LogP contribution is -2.39. The molecule has 2 aliphatic heterocycles. The number of nitrogens with one attached hydrogen (secondary N) is 1. The first-order chi connectivity index (χ1) is 8.24. The Morgan fingerprint density at radius 1 is 1.35 bits per heavy atom. The minimum Gasteiger partial charge on any atom is -0.315 e. The predicted octanol–water partition coefficient (Wildman–Crippen LogP) is 1.95. The van der Waals surface area contributed by atoms with Crippen LogP contribution in [0.4, 0.5) is 0 Å². The standard InChI is InChI=1S/C13H21N3S/c1-9-12(11-6-14-7-11)17-13(15-9)10-4-3-5-16(2)8-10/h10-11,14H,3-8H2,1-2H3. The highest BCUT2D eigenvalue weighted by atomic mass is 32.1. The molecule has 2 saturated heterocycles. The first kappa shape index (κ1) is 11.6. The molecule has 3 rings (SSSR count). The van der Waals surface area contributed by atoms with E-state index in [0.717, 1.165) is 19.0 Å². The summed E-state index contributed by atoms with van der Waals surface area (Å²) in [5.41, 5.74) is 1.28. The predicted molar refractivity (Wildman–Crippen MR) is 71.9 cm³/mol. The first-order valence-corrected chi connectivity index (χ1v) is 7.42. The van der Waals surface area contributed by atoms with Crippen LogP contribution < -0.4 is 5.32 Å². The van der Waals surface area contributed by atoms with Crippen molar-refractivity contribution in [3.05, 3.63) is 15.6 Å². The normalized spacial score (nSPS) is 27.1. The van der Waals surface area contributed by atoms with Gasteiger partial charge < -0.3 is 10.2 Å². The topological polar surface area (TPSA) is 28.2 Å². The van der Waals surface area contributed by atoms with E-state index in [1.807, 2.05) is 11.3 Å². The molecule has 0 saturated carbocycles. The average Bonchev–Trinajstić information content (AvgIpc) is 2.59. The maximum Gasteiger partial charge on any atom is 0.0974 e. The summed E-state index contributed by atoms with van der Waals surface area (Å²) in [4.78, 5) is 8.81. The second-order valence-corrected chi connectivity index (χ2v) is 6.52. The van der Waals surface area contributed by atoms with Gasteiger partial charge in [-0.05, 0) is 33.4 Å². The van der Waals surface area contributed by atoms with Crippen molar-refractivity contribution in [1.82, 2.24) is 15.2 Å². The Labute approximate surface area is 107 Å². The second kappa shape index (κ2) is 4.67. The number of rotatable bonds is 2. The third kappa shape index (κ3) is 2.26. The van der Waals surface area contributed by atoms with Crippen molar-refractivity contribution in [2.24, 2.45) is 0 Å². The van der Waals surface area contributed by atoms with Gasteiger partial charge in [0.2, 0.25) is 0 Å². The van der Waals surface area contributed by atoms with Crippen LogP contribution in [0.15, 0.2) is 0 Å². The van der Waals surface area contributed by atoms with Gasteiger partial charge in [0.15, 0.2) is 0 Å².